The van der Waals surface area contributed by atoms with Gasteiger partial charge in [0.1, 0.15) is 6.54 Å². The fourth-order valence-corrected chi connectivity index (χ4v) is 1.57. The van der Waals surface area contributed by atoms with E-state index in [0.29, 0.717) is 0 Å². The van der Waals surface area contributed by atoms with Crippen molar-refractivity contribution in [1.82, 2.24) is 0 Å². The monoisotopic (exact) mass is 178 g/mol. The Kier molecular flexibility index (Phi) is 4.64. The third-order valence-electron chi connectivity index (χ3n) is 2.63. The van der Waals surface area contributed by atoms with Gasteiger partial charge in [0.25, 0.3) is 0 Å². The maximum atomic E-state index is 3.27. The number of hydrogen-bond donors (Lipinski definition) is 1. The predicted octanol–water partition coefficient (Wildman–Crippen LogP) is 1.02. The van der Waals surface area contributed by atoms with Crippen molar-refractivity contribution in [2.45, 2.75) is 33.1 Å². The zero-order chi connectivity index (χ0) is 9.52. The van der Waals surface area contributed by atoms with E-state index in [1.165, 1.54) is 37.9 Å². The Hall–Kier alpha value is -0.740. The van der Waals surface area contributed by atoms with Gasteiger partial charge in [0.15, 0.2) is 0 Å². The van der Waals surface area contributed by atoms with E-state index in [2.05, 4.69) is 31.8 Å². The molecule has 1 rings (SSSR count). The van der Waals surface area contributed by atoms with Crippen molar-refractivity contribution in [3.05, 3.63) is 11.6 Å². The van der Waals surface area contributed by atoms with Crippen LogP contribution in [0.4, 0.5) is 0 Å². The molecule has 0 atom stereocenters. The number of rotatable bonds is 3. The summed E-state index contributed by atoms with van der Waals surface area (Å²) in [5.74, 6) is 6.54. The first-order valence-electron chi connectivity index (χ1n) is 5.38. The lowest BCUT2D eigenvalue weighted by atomic mass is 10.2. The van der Waals surface area contributed by atoms with Crippen LogP contribution in [0.1, 0.15) is 33.1 Å². The molecule has 13 heavy (non-hydrogen) atoms. The van der Waals surface area contributed by atoms with Gasteiger partial charge in [-0.05, 0) is 44.6 Å². The van der Waals surface area contributed by atoms with Crippen molar-refractivity contribution in [3.8, 4) is 11.8 Å². The van der Waals surface area contributed by atoms with Crippen molar-refractivity contribution in [3.63, 3.8) is 0 Å². The van der Waals surface area contributed by atoms with Gasteiger partial charge >= 0.3 is 0 Å². The van der Waals surface area contributed by atoms with Crippen LogP contribution in [0.3, 0.4) is 0 Å². The first-order valence-corrected chi connectivity index (χ1v) is 5.38. The molecule has 1 nitrogen and oxygen atoms in total. The van der Waals surface area contributed by atoms with E-state index in [1.54, 1.807) is 4.90 Å². The Morgan fingerprint density at radius 2 is 2.15 bits per heavy atom. The van der Waals surface area contributed by atoms with E-state index in [4.69, 9.17) is 0 Å². The smallest absolute Gasteiger partial charge is 0.139 e. The zero-order valence-electron chi connectivity index (χ0n) is 8.82. The molecule has 0 bridgehead atoms. The first-order chi connectivity index (χ1) is 6.36. The Morgan fingerprint density at radius 3 is 2.69 bits per heavy atom. The maximum Gasteiger partial charge on any atom is 0.139 e. The molecule has 0 saturated carbocycles. The van der Waals surface area contributed by atoms with Crippen LogP contribution in [-0.4, -0.2) is 19.6 Å². The molecule has 0 aromatic heterocycles. The van der Waals surface area contributed by atoms with Crippen LogP contribution in [0.5, 0.6) is 0 Å². The van der Waals surface area contributed by atoms with Gasteiger partial charge in [-0.3, -0.25) is 0 Å². The van der Waals surface area contributed by atoms with Gasteiger partial charge in [0.05, 0.1) is 13.1 Å². The molecule has 0 aromatic carbocycles. The summed E-state index contributed by atoms with van der Waals surface area (Å²) in [5.41, 5.74) is 1.37. The van der Waals surface area contributed by atoms with Gasteiger partial charge in [0, 0.05) is 0 Å². The summed E-state index contributed by atoms with van der Waals surface area (Å²) in [4.78, 5) is 1.58. The quantitative estimate of drug-likeness (QED) is 0.616. The molecular weight excluding hydrogens is 158 g/mol. The van der Waals surface area contributed by atoms with Gasteiger partial charge < -0.3 is 4.90 Å². The zero-order valence-corrected chi connectivity index (χ0v) is 8.82. The Bertz CT molecular complexity index is 225. The molecule has 1 aliphatic rings. The van der Waals surface area contributed by atoms with E-state index in [0.717, 1.165) is 6.54 Å². The highest BCUT2D eigenvalue weighted by molar-refractivity contribution is 5.30. The van der Waals surface area contributed by atoms with Crippen LogP contribution in [-0.2, 0) is 0 Å². The second-order valence-electron chi connectivity index (χ2n) is 3.56. The Balaban J connectivity index is 2.30. The summed E-state index contributed by atoms with van der Waals surface area (Å²) in [6.07, 6.45) is 6.04. The topological polar surface area (TPSA) is 4.44 Å². The second-order valence-corrected chi connectivity index (χ2v) is 3.56. The van der Waals surface area contributed by atoms with Crippen LogP contribution in [0, 0.1) is 11.8 Å². The highest BCUT2D eigenvalue weighted by Crippen LogP contribution is 2.15. The highest BCUT2D eigenvalue weighted by Gasteiger charge is 2.01. The molecule has 0 spiro atoms. The number of nitrogens with one attached hydrogen (secondary N) is 1. The summed E-state index contributed by atoms with van der Waals surface area (Å²) in [6.45, 7) is 7.81. The van der Waals surface area contributed by atoms with E-state index in [1.807, 2.05) is 0 Å². The molecule has 1 aliphatic carbocycles. The minimum atomic E-state index is 1.00. The van der Waals surface area contributed by atoms with Crippen molar-refractivity contribution in [1.29, 1.82) is 0 Å². The fraction of sp³-hybridized carbons (Fsp3) is 0.667. The molecule has 0 heterocycles. The first kappa shape index (κ1) is 10.3. The van der Waals surface area contributed by atoms with Gasteiger partial charge in [-0.25, -0.2) is 0 Å². The lowest BCUT2D eigenvalue weighted by Gasteiger charge is -2.10. The maximum absolute atomic E-state index is 3.27. The predicted molar refractivity (Wildman–Crippen MR) is 56.6 cm³/mol. The summed E-state index contributed by atoms with van der Waals surface area (Å²) >= 11 is 0. The standard InChI is InChI=1S/C12H19N/c1-3-13(4-2)11-7-10-12-8-5-6-9-12/h8H,3-6,9,11H2,1-2H3/p+1. The number of hydrogen-bond acceptors (Lipinski definition) is 0. The van der Waals surface area contributed by atoms with Crippen LogP contribution >= 0.6 is 0 Å². The van der Waals surface area contributed by atoms with Gasteiger partial charge in [-0.1, -0.05) is 12.0 Å². The average molecular weight is 178 g/mol. The molecule has 0 unspecified atom stereocenters. The summed E-state index contributed by atoms with van der Waals surface area (Å²) in [6, 6.07) is 0. The van der Waals surface area contributed by atoms with Crippen LogP contribution in [0.15, 0.2) is 11.6 Å². The Morgan fingerprint density at radius 1 is 1.38 bits per heavy atom. The SMILES string of the molecule is CC[NH+](CC)CC#CC1=CCCC1. The van der Waals surface area contributed by atoms with Crippen LogP contribution in [0.25, 0.3) is 0 Å². The number of allylic oxidation sites excluding steroid dienone is 2. The van der Waals surface area contributed by atoms with Crippen LogP contribution in [0.2, 0.25) is 0 Å². The summed E-state index contributed by atoms with van der Waals surface area (Å²) in [5, 5.41) is 0. The van der Waals surface area contributed by atoms with E-state index in [9.17, 15) is 0 Å². The summed E-state index contributed by atoms with van der Waals surface area (Å²) in [7, 11) is 0. The molecule has 0 radical (unpaired) electrons. The molecule has 1 N–H and O–H groups in total. The van der Waals surface area contributed by atoms with Gasteiger partial charge in [-0.2, -0.15) is 0 Å². The van der Waals surface area contributed by atoms with Crippen molar-refractivity contribution < 1.29 is 4.90 Å². The van der Waals surface area contributed by atoms with Gasteiger partial charge in [-0.15, -0.1) is 0 Å². The molecule has 0 aliphatic heterocycles. The third kappa shape index (κ3) is 3.65. The largest absolute Gasteiger partial charge is 0.325 e. The Labute approximate surface area is 81.8 Å². The lowest BCUT2D eigenvalue weighted by Crippen LogP contribution is -3.11. The van der Waals surface area contributed by atoms with E-state index in [-0.39, 0.29) is 0 Å². The van der Waals surface area contributed by atoms with Crippen LogP contribution < -0.4 is 4.90 Å². The van der Waals surface area contributed by atoms with E-state index < -0.39 is 0 Å². The van der Waals surface area contributed by atoms with E-state index >= 15 is 0 Å². The highest BCUT2D eigenvalue weighted by atomic mass is 15.1. The molecule has 1 heteroatoms. The molecule has 0 aromatic rings. The van der Waals surface area contributed by atoms with Crippen molar-refractivity contribution in [2.24, 2.45) is 0 Å². The van der Waals surface area contributed by atoms with Crippen molar-refractivity contribution in [2.75, 3.05) is 19.6 Å². The molecule has 0 fully saturated rings. The third-order valence-corrected chi connectivity index (χ3v) is 2.63. The summed E-state index contributed by atoms with van der Waals surface area (Å²) < 4.78 is 0. The average Bonchev–Trinajstić information content (AvgIpc) is 2.65. The minimum Gasteiger partial charge on any atom is -0.325 e. The molecular formula is C12H20N+. The minimum absolute atomic E-state index is 1.00. The second kappa shape index (κ2) is 5.83. The lowest BCUT2D eigenvalue weighted by molar-refractivity contribution is -0.889. The normalized spacial score (nSPS) is 15.5. The fourth-order valence-electron chi connectivity index (χ4n) is 1.57. The molecule has 0 saturated heterocycles. The number of quaternary nitrogens is 1. The molecule has 72 valence electrons. The van der Waals surface area contributed by atoms with Crippen molar-refractivity contribution >= 4 is 0 Å². The molecule has 0 amide bonds. The van der Waals surface area contributed by atoms with Gasteiger partial charge in [0.2, 0.25) is 0 Å².